The number of carbonyl (C=O) groups is 1. The molecule has 1 fully saturated rings. The van der Waals surface area contributed by atoms with E-state index in [2.05, 4.69) is 13.8 Å². The molecule has 106 valence electrons. The number of ether oxygens (including phenoxy) is 2. The average molecular weight is 257 g/mol. The lowest BCUT2D eigenvalue weighted by Crippen LogP contribution is -2.49. The third-order valence-electron chi connectivity index (χ3n) is 4.15. The molecule has 4 nitrogen and oxygen atoms in total. The highest BCUT2D eigenvalue weighted by molar-refractivity contribution is 5.70. The van der Waals surface area contributed by atoms with Crippen molar-refractivity contribution < 1.29 is 14.3 Å². The summed E-state index contributed by atoms with van der Waals surface area (Å²) >= 11 is 0. The van der Waals surface area contributed by atoms with Crippen LogP contribution in [0.15, 0.2) is 0 Å². The molecule has 18 heavy (non-hydrogen) atoms. The van der Waals surface area contributed by atoms with Crippen molar-refractivity contribution in [3.63, 3.8) is 0 Å². The standard InChI is InChI=1S/C14H27NO3/c1-4-6-11-9-14(7-8-18-11,12(15)5-2)10-13(16)17-3/h11-12H,4-10,15H2,1-3H3. The lowest BCUT2D eigenvalue weighted by atomic mass is 9.68. The van der Waals surface area contributed by atoms with Crippen LogP contribution in [0.4, 0.5) is 0 Å². The summed E-state index contributed by atoms with van der Waals surface area (Å²) in [5.41, 5.74) is 6.14. The van der Waals surface area contributed by atoms with Crippen LogP contribution in [0, 0.1) is 5.41 Å². The summed E-state index contributed by atoms with van der Waals surface area (Å²) < 4.78 is 10.6. The van der Waals surface area contributed by atoms with E-state index in [4.69, 9.17) is 15.2 Å². The van der Waals surface area contributed by atoms with Gasteiger partial charge in [-0.1, -0.05) is 20.3 Å². The fourth-order valence-corrected chi connectivity index (χ4v) is 2.97. The molecule has 0 aromatic rings. The lowest BCUT2D eigenvalue weighted by Gasteiger charge is -2.44. The highest BCUT2D eigenvalue weighted by Gasteiger charge is 2.42. The fraction of sp³-hybridized carbons (Fsp3) is 0.929. The highest BCUT2D eigenvalue weighted by Crippen LogP contribution is 2.41. The molecule has 2 N–H and O–H groups in total. The largest absolute Gasteiger partial charge is 0.469 e. The second-order valence-corrected chi connectivity index (χ2v) is 5.37. The number of carbonyl (C=O) groups excluding carboxylic acids is 1. The molecule has 0 aromatic heterocycles. The Kier molecular flexibility index (Phi) is 6.09. The van der Waals surface area contributed by atoms with E-state index < -0.39 is 0 Å². The summed E-state index contributed by atoms with van der Waals surface area (Å²) in [5.74, 6) is -0.156. The molecular weight excluding hydrogens is 230 g/mol. The molecule has 1 heterocycles. The average Bonchev–Trinajstić information content (AvgIpc) is 2.38. The van der Waals surface area contributed by atoms with Gasteiger partial charge in [0.25, 0.3) is 0 Å². The maximum absolute atomic E-state index is 11.7. The predicted octanol–water partition coefficient (Wildman–Crippen LogP) is 2.25. The lowest BCUT2D eigenvalue weighted by molar-refractivity contribution is -0.147. The summed E-state index contributed by atoms with van der Waals surface area (Å²) in [6.45, 7) is 4.93. The number of esters is 1. The van der Waals surface area contributed by atoms with Crippen LogP contribution >= 0.6 is 0 Å². The molecule has 4 heteroatoms. The maximum Gasteiger partial charge on any atom is 0.306 e. The number of nitrogens with two attached hydrogens (primary N) is 1. The van der Waals surface area contributed by atoms with Crippen LogP contribution in [0.5, 0.6) is 0 Å². The Bertz CT molecular complexity index is 268. The van der Waals surface area contributed by atoms with Crippen LogP contribution in [0.25, 0.3) is 0 Å². The van der Waals surface area contributed by atoms with Crippen LogP contribution in [0.2, 0.25) is 0 Å². The van der Waals surface area contributed by atoms with E-state index in [9.17, 15) is 4.79 Å². The van der Waals surface area contributed by atoms with Crippen molar-refractivity contribution in [3.8, 4) is 0 Å². The maximum atomic E-state index is 11.7. The fourth-order valence-electron chi connectivity index (χ4n) is 2.97. The van der Waals surface area contributed by atoms with Gasteiger partial charge in [-0.15, -0.1) is 0 Å². The summed E-state index contributed by atoms with van der Waals surface area (Å²) in [6, 6.07) is 0.0415. The van der Waals surface area contributed by atoms with Gasteiger partial charge in [-0.05, 0) is 25.7 Å². The Balaban J connectivity index is 2.79. The van der Waals surface area contributed by atoms with Gasteiger partial charge in [0.15, 0.2) is 0 Å². The molecule has 3 atom stereocenters. The van der Waals surface area contributed by atoms with Gasteiger partial charge < -0.3 is 15.2 Å². The molecule has 0 amide bonds. The smallest absolute Gasteiger partial charge is 0.306 e. The van der Waals surface area contributed by atoms with Gasteiger partial charge in [0, 0.05) is 18.1 Å². The molecule has 0 aliphatic carbocycles. The first kappa shape index (κ1) is 15.4. The van der Waals surface area contributed by atoms with Gasteiger partial charge in [-0.2, -0.15) is 0 Å². The first-order valence-corrected chi connectivity index (χ1v) is 7.02. The van der Waals surface area contributed by atoms with Gasteiger partial charge in [0.2, 0.25) is 0 Å². The first-order valence-electron chi connectivity index (χ1n) is 7.02. The Hall–Kier alpha value is -0.610. The summed E-state index contributed by atoms with van der Waals surface area (Å²) in [4.78, 5) is 11.7. The molecule has 0 radical (unpaired) electrons. The molecule has 1 aliphatic heterocycles. The molecule has 0 aromatic carbocycles. The van der Waals surface area contributed by atoms with E-state index in [0.29, 0.717) is 13.0 Å². The topological polar surface area (TPSA) is 61.5 Å². The summed E-state index contributed by atoms with van der Waals surface area (Å²) in [5, 5.41) is 0. The molecule has 0 bridgehead atoms. The number of methoxy groups -OCH3 is 1. The predicted molar refractivity (Wildman–Crippen MR) is 71.2 cm³/mol. The summed E-state index contributed by atoms with van der Waals surface area (Å²) in [6.07, 6.45) is 5.42. The number of hydrogen-bond donors (Lipinski definition) is 1. The second kappa shape index (κ2) is 7.10. The van der Waals surface area contributed by atoms with Crippen LogP contribution < -0.4 is 5.73 Å². The molecule has 0 saturated carbocycles. The van der Waals surface area contributed by atoms with Crippen LogP contribution in [-0.4, -0.2) is 31.8 Å². The van der Waals surface area contributed by atoms with Crippen molar-refractivity contribution >= 4 is 5.97 Å². The van der Waals surface area contributed by atoms with E-state index in [1.54, 1.807) is 0 Å². The van der Waals surface area contributed by atoms with Gasteiger partial charge >= 0.3 is 5.97 Å². The van der Waals surface area contributed by atoms with Gasteiger partial charge in [-0.3, -0.25) is 4.79 Å². The van der Waals surface area contributed by atoms with E-state index in [0.717, 1.165) is 32.1 Å². The number of rotatable bonds is 6. The quantitative estimate of drug-likeness (QED) is 0.741. The second-order valence-electron chi connectivity index (χ2n) is 5.37. The van der Waals surface area contributed by atoms with Crippen molar-refractivity contribution in [2.75, 3.05) is 13.7 Å². The van der Waals surface area contributed by atoms with E-state index >= 15 is 0 Å². The molecule has 1 aliphatic rings. The van der Waals surface area contributed by atoms with Crippen LogP contribution in [0.3, 0.4) is 0 Å². The summed E-state index contributed by atoms with van der Waals surface area (Å²) in [7, 11) is 1.44. The minimum atomic E-state index is -0.156. The normalized spacial score (nSPS) is 29.9. The molecule has 1 saturated heterocycles. The van der Waals surface area contributed by atoms with Gasteiger partial charge in [0.1, 0.15) is 0 Å². The Morgan fingerprint density at radius 3 is 2.83 bits per heavy atom. The molecule has 1 rings (SSSR count). The molecule has 0 spiro atoms. The minimum absolute atomic E-state index is 0.0415. The number of hydrogen-bond acceptors (Lipinski definition) is 4. The zero-order valence-corrected chi connectivity index (χ0v) is 11.9. The van der Waals surface area contributed by atoms with Crippen molar-refractivity contribution in [2.24, 2.45) is 11.1 Å². The SMILES string of the molecule is CCCC1CC(CC(=O)OC)(C(N)CC)CCO1. The van der Waals surface area contributed by atoms with Crippen LogP contribution in [0.1, 0.15) is 52.4 Å². The monoisotopic (exact) mass is 257 g/mol. The third kappa shape index (κ3) is 3.69. The van der Waals surface area contributed by atoms with Crippen molar-refractivity contribution in [1.29, 1.82) is 0 Å². The van der Waals surface area contributed by atoms with E-state index in [1.165, 1.54) is 7.11 Å². The highest BCUT2D eigenvalue weighted by atomic mass is 16.5. The van der Waals surface area contributed by atoms with Crippen LogP contribution in [-0.2, 0) is 14.3 Å². The third-order valence-corrected chi connectivity index (χ3v) is 4.15. The molecular formula is C14H27NO3. The Labute approximate surface area is 110 Å². The zero-order valence-electron chi connectivity index (χ0n) is 11.9. The first-order chi connectivity index (χ1) is 8.57. The van der Waals surface area contributed by atoms with E-state index in [1.807, 2.05) is 0 Å². The minimum Gasteiger partial charge on any atom is -0.469 e. The van der Waals surface area contributed by atoms with Crippen molar-refractivity contribution in [1.82, 2.24) is 0 Å². The zero-order chi connectivity index (χ0) is 13.6. The Morgan fingerprint density at radius 1 is 1.56 bits per heavy atom. The van der Waals surface area contributed by atoms with Crippen molar-refractivity contribution in [3.05, 3.63) is 0 Å². The van der Waals surface area contributed by atoms with Crippen molar-refractivity contribution in [2.45, 2.75) is 64.5 Å². The van der Waals surface area contributed by atoms with Gasteiger partial charge in [0.05, 0.1) is 19.6 Å². The van der Waals surface area contributed by atoms with E-state index in [-0.39, 0.29) is 23.5 Å². The molecule has 3 unspecified atom stereocenters. The Morgan fingerprint density at radius 2 is 2.28 bits per heavy atom. The van der Waals surface area contributed by atoms with Gasteiger partial charge in [-0.25, -0.2) is 0 Å².